The minimum Gasteiger partial charge on any atom is -0.496 e. The number of carbonyl (C=O) groups excluding carboxylic acids is 1. The maximum atomic E-state index is 13.9. The van der Waals surface area contributed by atoms with Crippen LogP contribution in [0.1, 0.15) is 16.8 Å². The van der Waals surface area contributed by atoms with Crippen LogP contribution < -0.4 is 14.8 Å². The summed E-state index contributed by atoms with van der Waals surface area (Å²) in [7, 11) is 3.07. The van der Waals surface area contributed by atoms with Crippen molar-refractivity contribution in [1.29, 1.82) is 0 Å². The summed E-state index contributed by atoms with van der Waals surface area (Å²) in [4.78, 5) is 19.2. The molecule has 8 heteroatoms. The van der Waals surface area contributed by atoms with Gasteiger partial charge in [-0.15, -0.1) is 0 Å². The fourth-order valence-electron chi connectivity index (χ4n) is 3.43. The first-order chi connectivity index (χ1) is 13.6. The third-order valence-corrected chi connectivity index (χ3v) is 5.77. The smallest absolute Gasteiger partial charge is 0.261 e. The van der Waals surface area contributed by atoms with Gasteiger partial charge in [0.1, 0.15) is 28.4 Å². The Morgan fingerprint density at radius 1 is 1.21 bits per heavy atom. The van der Waals surface area contributed by atoms with E-state index in [1.807, 2.05) is 6.07 Å². The minimum atomic E-state index is -0.326. The summed E-state index contributed by atoms with van der Waals surface area (Å²) in [5.74, 6) is 0.520. The summed E-state index contributed by atoms with van der Waals surface area (Å²) in [6.45, 7) is 1.13. The molecule has 1 aliphatic rings. The first kappa shape index (κ1) is 18.5. The van der Waals surface area contributed by atoms with Crippen molar-refractivity contribution in [2.45, 2.75) is 12.5 Å². The molecule has 0 saturated carbocycles. The molecule has 1 amide bonds. The molecule has 1 unspecified atom stereocenters. The van der Waals surface area contributed by atoms with Gasteiger partial charge in [0.05, 0.1) is 18.9 Å². The second-order valence-corrected chi connectivity index (χ2v) is 7.55. The summed E-state index contributed by atoms with van der Waals surface area (Å²) in [6, 6.07) is 10.3. The lowest BCUT2D eigenvalue weighted by molar-refractivity contribution is 0.0784. The first-order valence-electron chi connectivity index (χ1n) is 8.92. The van der Waals surface area contributed by atoms with Crippen LogP contribution in [0.25, 0.3) is 10.2 Å². The Hall–Kier alpha value is -2.87. The number of ether oxygens (including phenoxy) is 2. The molecule has 2 aromatic carbocycles. The number of nitrogens with one attached hydrogen (secondary N) is 1. The van der Waals surface area contributed by atoms with E-state index in [0.717, 1.165) is 11.1 Å². The van der Waals surface area contributed by atoms with E-state index >= 15 is 0 Å². The van der Waals surface area contributed by atoms with Crippen LogP contribution in [-0.2, 0) is 0 Å². The van der Waals surface area contributed by atoms with Crippen molar-refractivity contribution in [3.05, 3.63) is 47.8 Å². The maximum absolute atomic E-state index is 13.9. The van der Waals surface area contributed by atoms with Gasteiger partial charge in [-0.1, -0.05) is 23.5 Å². The molecule has 6 nitrogen and oxygen atoms in total. The third kappa shape index (κ3) is 3.35. The molecule has 0 bridgehead atoms. The number of thiazole rings is 1. The normalized spacial score (nSPS) is 16.4. The predicted molar refractivity (Wildman–Crippen MR) is 107 cm³/mol. The van der Waals surface area contributed by atoms with E-state index in [2.05, 4.69) is 10.3 Å². The molecule has 2 heterocycles. The van der Waals surface area contributed by atoms with Gasteiger partial charge in [0.2, 0.25) is 0 Å². The van der Waals surface area contributed by atoms with Crippen LogP contribution in [0.4, 0.5) is 9.52 Å². The van der Waals surface area contributed by atoms with Gasteiger partial charge in [0.25, 0.3) is 5.91 Å². The molecular weight excluding hydrogens is 381 g/mol. The van der Waals surface area contributed by atoms with Crippen molar-refractivity contribution in [3.8, 4) is 11.5 Å². The zero-order chi connectivity index (χ0) is 19.7. The standard InChI is InChI=1S/C20H20FN3O3S/c1-26-14-6-4-7-15(27-2)17(14)19(25)24-10-9-12(11-24)22-20-23-18-13(21)5-3-8-16(18)28-20/h3-8,12H,9-11H2,1-2H3,(H,22,23). The topological polar surface area (TPSA) is 63.7 Å². The number of halogens is 1. The number of benzene rings is 2. The monoisotopic (exact) mass is 401 g/mol. The number of hydrogen-bond donors (Lipinski definition) is 1. The second kappa shape index (κ2) is 7.63. The Labute approximate surface area is 165 Å². The van der Waals surface area contributed by atoms with E-state index in [0.29, 0.717) is 40.8 Å². The lowest BCUT2D eigenvalue weighted by atomic mass is 10.1. The average molecular weight is 401 g/mol. The van der Waals surface area contributed by atoms with E-state index in [1.54, 1.807) is 29.2 Å². The second-order valence-electron chi connectivity index (χ2n) is 6.52. The van der Waals surface area contributed by atoms with Crippen LogP contribution in [0.3, 0.4) is 0 Å². The molecule has 1 aromatic heterocycles. The number of para-hydroxylation sites is 1. The van der Waals surface area contributed by atoms with Crippen LogP contribution in [0, 0.1) is 5.82 Å². The highest BCUT2D eigenvalue weighted by atomic mass is 32.1. The molecule has 0 aliphatic carbocycles. The average Bonchev–Trinajstić information content (AvgIpc) is 3.34. The fraction of sp³-hybridized carbons (Fsp3) is 0.300. The number of anilines is 1. The van der Waals surface area contributed by atoms with Crippen molar-refractivity contribution in [2.75, 3.05) is 32.6 Å². The Morgan fingerprint density at radius 2 is 1.93 bits per heavy atom. The van der Waals surface area contributed by atoms with Crippen molar-refractivity contribution >= 4 is 32.6 Å². The van der Waals surface area contributed by atoms with Crippen LogP contribution in [0.2, 0.25) is 0 Å². The predicted octanol–water partition coefficient (Wildman–Crippen LogP) is 3.78. The number of amides is 1. The van der Waals surface area contributed by atoms with Gasteiger partial charge in [-0.25, -0.2) is 9.37 Å². The van der Waals surface area contributed by atoms with E-state index in [-0.39, 0.29) is 17.8 Å². The zero-order valence-corrected chi connectivity index (χ0v) is 16.4. The molecule has 1 atom stereocenters. The molecular formula is C20H20FN3O3S. The summed E-state index contributed by atoms with van der Waals surface area (Å²) in [6.07, 6.45) is 0.779. The lowest BCUT2D eigenvalue weighted by Crippen LogP contribution is -2.32. The zero-order valence-electron chi connectivity index (χ0n) is 15.6. The SMILES string of the molecule is COc1cccc(OC)c1C(=O)N1CCC(Nc2nc3c(F)cccc3s2)C1. The number of hydrogen-bond acceptors (Lipinski definition) is 6. The minimum absolute atomic E-state index is 0.0493. The fourth-order valence-corrected chi connectivity index (χ4v) is 4.39. The van der Waals surface area contributed by atoms with Crippen molar-refractivity contribution in [1.82, 2.24) is 9.88 Å². The van der Waals surface area contributed by atoms with Gasteiger partial charge < -0.3 is 19.7 Å². The Balaban J connectivity index is 1.49. The van der Waals surface area contributed by atoms with Crippen molar-refractivity contribution in [2.24, 2.45) is 0 Å². The number of rotatable bonds is 5. The molecule has 1 saturated heterocycles. The lowest BCUT2D eigenvalue weighted by Gasteiger charge is -2.20. The molecule has 0 radical (unpaired) electrons. The first-order valence-corrected chi connectivity index (χ1v) is 9.74. The Bertz CT molecular complexity index is 1000. The van der Waals surface area contributed by atoms with Gasteiger partial charge in [-0.3, -0.25) is 4.79 Å². The largest absolute Gasteiger partial charge is 0.496 e. The number of fused-ring (bicyclic) bond motifs is 1. The van der Waals surface area contributed by atoms with Crippen molar-refractivity contribution < 1.29 is 18.7 Å². The molecule has 3 aromatic rings. The Morgan fingerprint density at radius 3 is 2.61 bits per heavy atom. The number of likely N-dealkylation sites (tertiary alicyclic amines) is 1. The summed E-state index contributed by atoms with van der Waals surface area (Å²) in [5.41, 5.74) is 0.801. The van der Waals surface area contributed by atoms with Crippen LogP contribution in [-0.4, -0.2) is 49.1 Å². The molecule has 0 spiro atoms. The highest BCUT2D eigenvalue weighted by molar-refractivity contribution is 7.22. The van der Waals surface area contributed by atoms with Gasteiger partial charge in [-0.2, -0.15) is 0 Å². The van der Waals surface area contributed by atoms with Crippen molar-refractivity contribution in [3.63, 3.8) is 0 Å². The molecule has 28 heavy (non-hydrogen) atoms. The number of nitrogens with zero attached hydrogens (tertiary/aromatic N) is 2. The summed E-state index contributed by atoms with van der Waals surface area (Å²) < 4.78 is 25.3. The summed E-state index contributed by atoms with van der Waals surface area (Å²) >= 11 is 1.41. The van der Waals surface area contributed by atoms with Gasteiger partial charge in [0.15, 0.2) is 5.13 Å². The molecule has 1 fully saturated rings. The van der Waals surface area contributed by atoms with E-state index < -0.39 is 0 Å². The maximum Gasteiger partial charge on any atom is 0.261 e. The van der Waals surface area contributed by atoms with Crippen LogP contribution >= 0.6 is 11.3 Å². The molecule has 4 rings (SSSR count). The number of carbonyl (C=O) groups is 1. The van der Waals surface area contributed by atoms with Crippen LogP contribution in [0.15, 0.2) is 36.4 Å². The number of methoxy groups -OCH3 is 2. The van der Waals surface area contributed by atoms with E-state index in [1.165, 1.54) is 31.6 Å². The van der Waals surface area contributed by atoms with Crippen LogP contribution in [0.5, 0.6) is 11.5 Å². The van der Waals surface area contributed by atoms with Gasteiger partial charge in [-0.05, 0) is 30.7 Å². The quantitative estimate of drug-likeness (QED) is 0.705. The highest BCUT2D eigenvalue weighted by Gasteiger charge is 2.31. The molecule has 146 valence electrons. The third-order valence-electron chi connectivity index (χ3n) is 4.81. The molecule has 1 aliphatic heterocycles. The number of aromatic nitrogens is 1. The highest BCUT2D eigenvalue weighted by Crippen LogP contribution is 2.32. The van der Waals surface area contributed by atoms with E-state index in [9.17, 15) is 9.18 Å². The van der Waals surface area contributed by atoms with Gasteiger partial charge >= 0.3 is 0 Å². The van der Waals surface area contributed by atoms with E-state index in [4.69, 9.17) is 9.47 Å². The summed E-state index contributed by atoms with van der Waals surface area (Å²) in [5, 5.41) is 4.00. The van der Waals surface area contributed by atoms with Gasteiger partial charge in [0, 0.05) is 19.1 Å². The Kier molecular flexibility index (Phi) is 5.04. The molecule has 1 N–H and O–H groups in total.